The van der Waals surface area contributed by atoms with E-state index in [0.29, 0.717) is 29.5 Å². The molecule has 0 fully saturated rings. The smallest absolute Gasteiger partial charge is 0.180 e. The maximum absolute atomic E-state index is 8.96. The maximum Gasteiger partial charge on any atom is 0.180 e. The molecule has 0 aliphatic heterocycles. The second-order valence-electron chi connectivity index (χ2n) is 4.38. The lowest BCUT2D eigenvalue weighted by Crippen LogP contribution is -2.18. The van der Waals surface area contributed by atoms with Gasteiger partial charge in [-0.05, 0) is 25.5 Å². The molecule has 0 aliphatic carbocycles. The second-order valence-corrected chi connectivity index (χ2v) is 4.38. The molecule has 2 aromatic heterocycles. The number of methoxy groups -OCH3 is 1. The number of aliphatic hydroxyl groups excluding tert-OH is 1. The van der Waals surface area contributed by atoms with Gasteiger partial charge in [0, 0.05) is 18.8 Å². The number of aromatic nitrogens is 3. The van der Waals surface area contributed by atoms with Crippen LogP contribution < -0.4 is 10.1 Å². The van der Waals surface area contributed by atoms with Crippen molar-refractivity contribution in [3.05, 3.63) is 30.6 Å². The number of nitrogens with zero attached hydrogens (tertiary/aromatic N) is 3. The Balaban J connectivity index is 2.29. The van der Waals surface area contributed by atoms with Crippen molar-refractivity contribution < 1.29 is 9.84 Å². The number of anilines is 1. The van der Waals surface area contributed by atoms with Crippen LogP contribution in [0.4, 0.5) is 5.82 Å². The number of ether oxygens (including phenoxy) is 1. The van der Waals surface area contributed by atoms with Gasteiger partial charge in [-0.3, -0.25) is 4.98 Å². The molecule has 0 saturated carbocycles. The Bertz CT molecular complexity index is 548. The Hall–Kier alpha value is -2.21. The van der Waals surface area contributed by atoms with Gasteiger partial charge in [-0.25, -0.2) is 9.97 Å². The summed E-state index contributed by atoms with van der Waals surface area (Å²) in [5, 5.41) is 12.2. The molecule has 0 aliphatic rings. The molecule has 2 N–H and O–H groups in total. The third kappa shape index (κ3) is 3.42. The second kappa shape index (κ2) is 6.81. The zero-order chi connectivity index (χ0) is 14.4. The van der Waals surface area contributed by atoms with Crippen molar-refractivity contribution in [1.82, 2.24) is 15.0 Å². The van der Waals surface area contributed by atoms with E-state index in [1.165, 1.54) is 0 Å². The minimum atomic E-state index is 0.0837. The highest BCUT2D eigenvalue weighted by Crippen LogP contribution is 2.24. The zero-order valence-electron chi connectivity index (χ0n) is 11.6. The molecule has 0 spiro atoms. The van der Waals surface area contributed by atoms with Gasteiger partial charge in [0.15, 0.2) is 17.4 Å². The highest BCUT2D eigenvalue weighted by atomic mass is 16.5. The first-order chi connectivity index (χ1) is 9.74. The summed E-state index contributed by atoms with van der Waals surface area (Å²) in [7, 11) is 1.57. The molecule has 1 unspecified atom stereocenters. The van der Waals surface area contributed by atoms with E-state index in [-0.39, 0.29) is 12.6 Å². The Morgan fingerprint density at radius 1 is 1.35 bits per heavy atom. The molecule has 20 heavy (non-hydrogen) atoms. The Labute approximate surface area is 117 Å². The van der Waals surface area contributed by atoms with Crippen molar-refractivity contribution in [2.45, 2.75) is 19.4 Å². The van der Waals surface area contributed by atoms with Crippen LogP contribution in [0.5, 0.6) is 5.75 Å². The van der Waals surface area contributed by atoms with Crippen molar-refractivity contribution in [2.24, 2.45) is 0 Å². The highest BCUT2D eigenvalue weighted by molar-refractivity contribution is 5.57. The van der Waals surface area contributed by atoms with E-state index < -0.39 is 0 Å². The lowest BCUT2D eigenvalue weighted by Gasteiger charge is -2.16. The van der Waals surface area contributed by atoms with Crippen molar-refractivity contribution in [1.29, 1.82) is 0 Å². The minimum absolute atomic E-state index is 0.0837. The van der Waals surface area contributed by atoms with Gasteiger partial charge in [-0.15, -0.1) is 0 Å². The van der Waals surface area contributed by atoms with Crippen LogP contribution in [0, 0.1) is 0 Å². The number of pyridine rings is 1. The molecular weight excluding hydrogens is 256 g/mol. The van der Waals surface area contributed by atoms with Crippen LogP contribution in [-0.2, 0) is 0 Å². The SMILES string of the molecule is COc1cnc(-c2ccccn2)nc1NC(C)CCO. The summed E-state index contributed by atoms with van der Waals surface area (Å²) in [6, 6.07) is 5.66. The lowest BCUT2D eigenvalue weighted by molar-refractivity contribution is 0.282. The average molecular weight is 274 g/mol. The van der Waals surface area contributed by atoms with E-state index in [0.717, 1.165) is 0 Å². The standard InChI is InChI=1S/C14H18N4O2/c1-10(6-8-19)17-14-12(20-2)9-16-13(18-14)11-5-3-4-7-15-11/h3-5,7,9-10,19H,6,8H2,1-2H3,(H,16,17,18). The van der Waals surface area contributed by atoms with Crippen molar-refractivity contribution in [2.75, 3.05) is 19.0 Å². The van der Waals surface area contributed by atoms with Crippen LogP contribution in [0.1, 0.15) is 13.3 Å². The molecule has 0 bridgehead atoms. The Kier molecular flexibility index (Phi) is 4.84. The fourth-order valence-electron chi connectivity index (χ4n) is 1.74. The first kappa shape index (κ1) is 14.2. The van der Waals surface area contributed by atoms with Crippen molar-refractivity contribution >= 4 is 5.82 Å². The number of hydrogen-bond donors (Lipinski definition) is 2. The van der Waals surface area contributed by atoms with E-state index in [9.17, 15) is 0 Å². The fraction of sp³-hybridized carbons (Fsp3) is 0.357. The summed E-state index contributed by atoms with van der Waals surface area (Å²) in [6.07, 6.45) is 3.95. The topological polar surface area (TPSA) is 80.2 Å². The van der Waals surface area contributed by atoms with Gasteiger partial charge in [-0.2, -0.15) is 0 Å². The molecule has 2 rings (SSSR count). The minimum Gasteiger partial charge on any atom is -0.491 e. The van der Waals surface area contributed by atoms with Gasteiger partial charge < -0.3 is 15.2 Å². The molecule has 2 aromatic rings. The third-order valence-corrected chi connectivity index (χ3v) is 2.81. The average Bonchev–Trinajstić information content (AvgIpc) is 2.48. The molecule has 0 radical (unpaired) electrons. The quantitative estimate of drug-likeness (QED) is 0.835. The molecule has 2 heterocycles. The van der Waals surface area contributed by atoms with Gasteiger partial charge in [-0.1, -0.05) is 6.07 Å². The molecule has 106 valence electrons. The Morgan fingerprint density at radius 2 is 2.20 bits per heavy atom. The summed E-state index contributed by atoms with van der Waals surface area (Å²) in [5.74, 6) is 1.70. The van der Waals surface area contributed by atoms with Crippen LogP contribution in [0.25, 0.3) is 11.5 Å². The molecule has 6 nitrogen and oxygen atoms in total. The largest absolute Gasteiger partial charge is 0.491 e. The molecule has 6 heteroatoms. The van der Waals surface area contributed by atoms with Crippen molar-refractivity contribution in [3.63, 3.8) is 0 Å². The first-order valence-electron chi connectivity index (χ1n) is 6.44. The van der Waals surface area contributed by atoms with Gasteiger partial charge in [0.2, 0.25) is 0 Å². The fourth-order valence-corrected chi connectivity index (χ4v) is 1.74. The van der Waals surface area contributed by atoms with Crippen molar-refractivity contribution in [3.8, 4) is 17.3 Å². The van der Waals surface area contributed by atoms with E-state index >= 15 is 0 Å². The van der Waals surface area contributed by atoms with Crippen LogP contribution in [0.3, 0.4) is 0 Å². The number of aliphatic hydroxyl groups is 1. The van der Waals surface area contributed by atoms with Crippen LogP contribution in [0.2, 0.25) is 0 Å². The molecule has 0 amide bonds. The van der Waals surface area contributed by atoms with Crippen LogP contribution >= 0.6 is 0 Å². The summed E-state index contributed by atoms with van der Waals surface area (Å²) >= 11 is 0. The summed E-state index contributed by atoms with van der Waals surface area (Å²) < 4.78 is 5.24. The predicted octanol–water partition coefficient (Wildman–Crippen LogP) is 1.73. The van der Waals surface area contributed by atoms with Gasteiger partial charge in [0.25, 0.3) is 0 Å². The zero-order valence-corrected chi connectivity index (χ0v) is 11.6. The van der Waals surface area contributed by atoms with Crippen LogP contribution in [-0.4, -0.2) is 39.8 Å². The van der Waals surface area contributed by atoms with E-state index in [4.69, 9.17) is 9.84 Å². The number of hydrogen-bond acceptors (Lipinski definition) is 6. The Morgan fingerprint density at radius 3 is 2.85 bits per heavy atom. The first-order valence-corrected chi connectivity index (χ1v) is 6.44. The summed E-state index contributed by atoms with van der Waals surface area (Å²) in [6.45, 7) is 2.09. The monoisotopic (exact) mass is 274 g/mol. The lowest BCUT2D eigenvalue weighted by atomic mass is 10.2. The van der Waals surface area contributed by atoms with Gasteiger partial charge in [0.05, 0.1) is 13.3 Å². The number of nitrogens with one attached hydrogen (secondary N) is 1. The molecule has 1 atom stereocenters. The number of rotatable bonds is 6. The van der Waals surface area contributed by atoms with Gasteiger partial charge in [0.1, 0.15) is 5.69 Å². The van der Waals surface area contributed by atoms with E-state index in [1.807, 2.05) is 25.1 Å². The molecule has 0 aromatic carbocycles. The summed E-state index contributed by atoms with van der Waals surface area (Å²) in [5.41, 5.74) is 0.702. The molecular formula is C14H18N4O2. The van der Waals surface area contributed by atoms with E-state index in [2.05, 4.69) is 20.3 Å². The summed E-state index contributed by atoms with van der Waals surface area (Å²) in [4.78, 5) is 12.9. The maximum atomic E-state index is 8.96. The van der Waals surface area contributed by atoms with Gasteiger partial charge >= 0.3 is 0 Å². The highest BCUT2D eigenvalue weighted by Gasteiger charge is 2.12. The molecule has 0 saturated heterocycles. The predicted molar refractivity (Wildman–Crippen MR) is 76.6 cm³/mol. The third-order valence-electron chi connectivity index (χ3n) is 2.81. The normalized spacial score (nSPS) is 11.9. The van der Waals surface area contributed by atoms with Crippen LogP contribution in [0.15, 0.2) is 30.6 Å². The van der Waals surface area contributed by atoms with E-state index in [1.54, 1.807) is 19.5 Å².